The van der Waals surface area contributed by atoms with Crippen LogP contribution >= 0.6 is 0 Å². The standard InChI is InChI=1S/C13H19N3O2/c17-11-14-9-5-2-6-10-15-13(18)16-12-7-3-1-4-8-12/h1,3-4,7-8,11H,2,5-6,9-10H2,(H,14,17)(H2,15,16,18). The first-order chi connectivity index (χ1) is 8.83. The third-order valence-electron chi connectivity index (χ3n) is 2.40. The second kappa shape index (κ2) is 9.04. The number of hydrogen-bond acceptors (Lipinski definition) is 2. The number of hydrogen-bond donors (Lipinski definition) is 3. The van der Waals surface area contributed by atoms with Crippen LogP contribution in [0.3, 0.4) is 0 Å². The van der Waals surface area contributed by atoms with Gasteiger partial charge in [0, 0.05) is 18.8 Å². The molecule has 18 heavy (non-hydrogen) atoms. The molecule has 0 spiro atoms. The summed E-state index contributed by atoms with van der Waals surface area (Å²) < 4.78 is 0. The maximum Gasteiger partial charge on any atom is 0.319 e. The molecule has 0 aliphatic heterocycles. The van der Waals surface area contributed by atoms with Crippen molar-refractivity contribution in [2.45, 2.75) is 19.3 Å². The third-order valence-corrected chi connectivity index (χ3v) is 2.40. The van der Waals surface area contributed by atoms with E-state index in [1.165, 1.54) is 0 Å². The highest BCUT2D eigenvalue weighted by Crippen LogP contribution is 2.04. The monoisotopic (exact) mass is 249 g/mol. The number of nitrogens with one attached hydrogen (secondary N) is 3. The normalized spacial score (nSPS) is 9.56. The summed E-state index contributed by atoms with van der Waals surface area (Å²) in [5, 5.41) is 8.13. The zero-order chi connectivity index (χ0) is 13.1. The van der Waals surface area contributed by atoms with Gasteiger partial charge in [-0.3, -0.25) is 4.79 Å². The maximum atomic E-state index is 11.5. The van der Waals surface area contributed by atoms with E-state index in [4.69, 9.17) is 0 Å². The van der Waals surface area contributed by atoms with Gasteiger partial charge in [-0.05, 0) is 31.4 Å². The average molecular weight is 249 g/mol. The minimum Gasteiger partial charge on any atom is -0.359 e. The smallest absolute Gasteiger partial charge is 0.319 e. The predicted molar refractivity (Wildman–Crippen MR) is 71.4 cm³/mol. The van der Waals surface area contributed by atoms with E-state index in [0.29, 0.717) is 19.5 Å². The summed E-state index contributed by atoms with van der Waals surface area (Å²) in [6.45, 7) is 1.33. The summed E-state index contributed by atoms with van der Waals surface area (Å²) in [7, 11) is 0. The van der Waals surface area contributed by atoms with E-state index in [9.17, 15) is 9.59 Å². The van der Waals surface area contributed by atoms with Gasteiger partial charge in [-0.15, -0.1) is 0 Å². The maximum absolute atomic E-state index is 11.5. The molecule has 98 valence electrons. The van der Waals surface area contributed by atoms with Crippen molar-refractivity contribution in [1.29, 1.82) is 0 Å². The quantitative estimate of drug-likeness (QED) is 0.485. The number of urea groups is 1. The lowest BCUT2D eigenvalue weighted by atomic mass is 10.2. The number of carbonyl (C=O) groups excluding carboxylic acids is 2. The highest BCUT2D eigenvalue weighted by molar-refractivity contribution is 5.89. The van der Waals surface area contributed by atoms with Crippen LogP contribution in [0, 0.1) is 0 Å². The van der Waals surface area contributed by atoms with Gasteiger partial charge >= 0.3 is 6.03 Å². The Bertz CT molecular complexity index is 355. The molecule has 1 rings (SSSR count). The number of benzene rings is 1. The summed E-state index contributed by atoms with van der Waals surface area (Å²) in [5.41, 5.74) is 0.783. The Balaban J connectivity index is 2.02. The molecule has 5 nitrogen and oxygen atoms in total. The van der Waals surface area contributed by atoms with Crippen LogP contribution in [0.5, 0.6) is 0 Å². The van der Waals surface area contributed by atoms with Crippen LogP contribution in [0.25, 0.3) is 0 Å². The molecule has 3 N–H and O–H groups in total. The fourth-order valence-corrected chi connectivity index (χ4v) is 1.49. The number of para-hydroxylation sites is 1. The van der Waals surface area contributed by atoms with Crippen molar-refractivity contribution in [1.82, 2.24) is 10.6 Å². The SMILES string of the molecule is O=CNCCCCCNC(=O)Nc1ccccc1. The fraction of sp³-hybridized carbons (Fsp3) is 0.385. The minimum absolute atomic E-state index is 0.188. The van der Waals surface area contributed by atoms with Gasteiger partial charge in [0.05, 0.1) is 0 Å². The summed E-state index contributed by atoms with van der Waals surface area (Å²) in [5.74, 6) is 0. The minimum atomic E-state index is -0.188. The lowest BCUT2D eigenvalue weighted by Gasteiger charge is -2.07. The van der Waals surface area contributed by atoms with E-state index in [1.54, 1.807) is 0 Å². The largest absolute Gasteiger partial charge is 0.359 e. The van der Waals surface area contributed by atoms with Crippen molar-refractivity contribution in [3.8, 4) is 0 Å². The molecular weight excluding hydrogens is 230 g/mol. The molecule has 0 saturated carbocycles. The molecule has 0 radical (unpaired) electrons. The van der Waals surface area contributed by atoms with Crippen molar-refractivity contribution in [2.75, 3.05) is 18.4 Å². The van der Waals surface area contributed by atoms with E-state index in [1.807, 2.05) is 30.3 Å². The van der Waals surface area contributed by atoms with Gasteiger partial charge in [0.15, 0.2) is 0 Å². The topological polar surface area (TPSA) is 70.2 Å². The number of anilines is 1. The molecule has 0 atom stereocenters. The Hall–Kier alpha value is -2.04. The van der Waals surface area contributed by atoms with Crippen molar-refractivity contribution in [3.05, 3.63) is 30.3 Å². The predicted octanol–water partition coefficient (Wildman–Crippen LogP) is 1.72. The van der Waals surface area contributed by atoms with Crippen LogP contribution in [0.15, 0.2) is 30.3 Å². The zero-order valence-corrected chi connectivity index (χ0v) is 10.3. The van der Waals surface area contributed by atoms with Crippen molar-refractivity contribution in [2.24, 2.45) is 0 Å². The molecular formula is C13H19N3O2. The van der Waals surface area contributed by atoms with E-state index < -0.39 is 0 Å². The molecule has 0 bridgehead atoms. The van der Waals surface area contributed by atoms with Gasteiger partial charge in [0.1, 0.15) is 0 Å². The Morgan fingerprint density at radius 2 is 1.78 bits per heavy atom. The number of rotatable bonds is 8. The molecule has 5 heteroatoms. The van der Waals surface area contributed by atoms with Crippen LogP contribution in [0.4, 0.5) is 10.5 Å². The molecule has 0 fully saturated rings. The third kappa shape index (κ3) is 6.52. The van der Waals surface area contributed by atoms with Crippen LogP contribution in [0.1, 0.15) is 19.3 Å². The summed E-state index contributed by atoms with van der Waals surface area (Å²) in [6, 6.07) is 9.13. The molecule has 0 saturated heterocycles. The summed E-state index contributed by atoms with van der Waals surface area (Å²) in [4.78, 5) is 21.4. The zero-order valence-electron chi connectivity index (χ0n) is 10.3. The lowest BCUT2D eigenvalue weighted by molar-refractivity contribution is -0.109. The van der Waals surface area contributed by atoms with Gasteiger partial charge < -0.3 is 16.0 Å². The first-order valence-electron chi connectivity index (χ1n) is 6.10. The van der Waals surface area contributed by atoms with Gasteiger partial charge in [-0.2, -0.15) is 0 Å². The van der Waals surface area contributed by atoms with Gasteiger partial charge in [-0.25, -0.2) is 4.79 Å². The molecule has 0 aliphatic carbocycles. The van der Waals surface area contributed by atoms with Crippen molar-refractivity contribution >= 4 is 18.1 Å². The van der Waals surface area contributed by atoms with Gasteiger partial charge in [0.2, 0.25) is 6.41 Å². The number of carbonyl (C=O) groups is 2. The van der Waals surface area contributed by atoms with Gasteiger partial charge in [-0.1, -0.05) is 18.2 Å². The molecule has 1 aromatic carbocycles. The van der Waals surface area contributed by atoms with Crippen molar-refractivity contribution in [3.63, 3.8) is 0 Å². The van der Waals surface area contributed by atoms with Crippen LogP contribution < -0.4 is 16.0 Å². The molecule has 0 heterocycles. The second-order valence-corrected chi connectivity index (χ2v) is 3.88. The van der Waals surface area contributed by atoms with Crippen LogP contribution in [0.2, 0.25) is 0 Å². The van der Waals surface area contributed by atoms with Gasteiger partial charge in [0.25, 0.3) is 0 Å². The lowest BCUT2D eigenvalue weighted by Crippen LogP contribution is -2.29. The Morgan fingerprint density at radius 1 is 1.06 bits per heavy atom. The van der Waals surface area contributed by atoms with E-state index in [-0.39, 0.29) is 6.03 Å². The number of unbranched alkanes of at least 4 members (excludes halogenated alkanes) is 2. The molecule has 1 aromatic rings. The number of amides is 3. The summed E-state index contributed by atoms with van der Waals surface area (Å²) in [6.07, 6.45) is 3.52. The first-order valence-corrected chi connectivity index (χ1v) is 6.10. The molecule has 0 aliphatic rings. The molecule has 0 unspecified atom stereocenters. The molecule has 3 amide bonds. The van der Waals surface area contributed by atoms with Crippen LogP contribution in [-0.4, -0.2) is 25.5 Å². The highest BCUT2D eigenvalue weighted by atomic mass is 16.2. The first kappa shape index (κ1) is 14.0. The van der Waals surface area contributed by atoms with E-state index in [2.05, 4.69) is 16.0 Å². The van der Waals surface area contributed by atoms with E-state index in [0.717, 1.165) is 24.9 Å². The second-order valence-electron chi connectivity index (χ2n) is 3.88. The molecule has 0 aromatic heterocycles. The summed E-state index contributed by atoms with van der Waals surface area (Å²) >= 11 is 0. The Labute approximate surface area is 107 Å². The Morgan fingerprint density at radius 3 is 2.50 bits per heavy atom. The highest BCUT2D eigenvalue weighted by Gasteiger charge is 1.99. The van der Waals surface area contributed by atoms with Crippen LogP contribution in [-0.2, 0) is 4.79 Å². The fourth-order valence-electron chi connectivity index (χ4n) is 1.49. The van der Waals surface area contributed by atoms with Crippen molar-refractivity contribution < 1.29 is 9.59 Å². The Kier molecular flexibility index (Phi) is 7.04. The van der Waals surface area contributed by atoms with E-state index >= 15 is 0 Å². The average Bonchev–Trinajstić information content (AvgIpc) is 2.39.